The molecule has 1 amide bonds. The number of amides is 1. The van der Waals surface area contributed by atoms with Crippen LogP contribution in [0.4, 0.5) is 5.82 Å². The van der Waals surface area contributed by atoms with Crippen LogP contribution in [-0.4, -0.2) is 23.5 Å². The molecule has 1 unspecified atom stereocenters. The number of rotatable bonds is 2. The van der Waals surface area contributed by atoms with Gasteiger partial charge in [0.05, 0.1) is 16.1 Å². The Morgan fingerprint density at radius 3 is 2.75 bits per heavy atom. The third kappa shape index (κ3) is 2.51. The highest BCUT2D eigenvalue weighted by atomic mass is 35.5. The Hall–Kier alpha value is -0.710. The van der Waals surface area contributed by atoms with Crippen molar-refractivity contribution in [2.45, 2.75) is 12.5 Å². The first-order valence-corrected chi connectivity index (χ1v) is 5.74. The van der Waals surface area contributed by atoms with Crippen LogP contribution >= 0.6 is 34.8 Å². The highest BCUT2D eigenvalue weighted by Gasteiger charge is 2.22. The summed E-state index contributed by atoms with van der Waals surface area (Å²) in [6.07, 6.45) is 0.401. The van der Waals surface area contributed by atoms with Gasteiger partial charge in [0.25, 0.3) is 0 Å². The van der Waals surface area contributed by atoms with Crippen molar-refractivity contribution in [2.24, 2.45) is 0 Å². The topological polar surface area (TPSA) is 54.0 Å². The van der Waals surface area contributed by atoms with Crippen molar-refractivity contribution in [3.63, 3.8) is 0 Å². The molecule has 0 aromatic carbocycles. The van der Waals surface area contributed by atoms with E-state index in [1.165, 1.54) is 6.07 Å². The second kappa shape index (κ2) is 4.65. The van der Waals surface area contributed by atoms with Crippen LogP contribution in [0.1, 0.15) is 6.42 Å². The van der Waals surface area contributed by atoms with E-state index in [4.69, 9.17) is 34.8 Å². The number of nitrogens with zero attached hydrogens (tertiary/aromatic N) is 1. The van der Waals surface area contributed by atoms with Gasteiger partial charge in [-0.1, -0.05) is 34.8 Å². The van der Waals surface area contributed by atoms with E-state index in [-0.39, 0.29) is 17.1 Å². The Morgan fingerprint density at radius 2 is 2.12 bits per heavy atom. The van der Waals surface area contributed by atoms with Crippen molar-refractivity contribution in [3.05, 3.63) is 21.3 Å². The summed E-state index contributed by atoms with van der Waals surface area (Å²) < 4.78 is 0. The van der Waals surface area contributed by atoms with E-state index in [1.807, 2.05) is 0 Å². The van der Waals surface area contributed by atoms with E-state index in [0.717, 1.165) is 0 Å². The number of carbonyl (C=O) groups excluding carboxylic acids is 1. The number of halogens is 3. The average Bonchev–Trinajstić information content (AvgIpc) is 2.60. The van der Waals surface area contributed by atoms with Gasteiger partial charge < -0.3 is 10.6 Å². The van der Waals surface area contributed by atoms with Crippen molar-refractivity contribution in [3.8, 4) is 0 Å². The third-order valence-corrected chi connectivity index (χ3v) is 3.17. The van der Waals surface area contributed by atoms with E-state index in [9.17, 15) is 4.79 Å². The van der Waals surface area contributed by atoms with Gasteiger partial charge in [0, 0.05) is 13.0 Å². The summed E-state index contributed by atoms with van der Waals surface area (Å²) >= 11 is 17.5. The van der Waals surface area contributed by atoms with Gasteiger partial charge in [0.2, 0.25) is 5.91 Å². The minimum atomic E-state index is -0.0188. The van der Waals surface area contributed by atoms with Gasteiger partial charge in [0.15, 0.2) is 0 Å². The molecule has 1 saturated heterocycles. The molecule has 4 nitrogen and oxygen atoms in total. The quantitative estimate of drug-likeness (QED) is 0.818. The SMILES string of the molecule is O=C1CC(Nc2nc(Cl)c(Cl)cc2Cl)CN1. The molecule has 2 heterocycles. The Bertz CT molecular complexity index is 438. The van der Waals surface area contributed by atoms with Crippen molar-refractivity contribution >= 4 is 46.5 Å². The molecule has 0 saturated carbocycles. The Labute approximate surface area is 107 Å². The molecule has 0 radical (unpaired) electrons. The molecule has 1 aliphatic heterocycles. The number of nitrogens with one attached hydrogen (secondary N) is 2. The summed E-state index contributed by atoms with van der Waals surface area (Å²) in [5, 5.41) is 6.61. The molecule has 1 fully saturated rings. The van der Waals surface area contributed by atoms with Gasteiger partial charge in [-0.05, 0) is 6.07 Å². The van der Waals surface area contributed by atoms with Crippen LogP contribution in [-0.2, 0) is 4.79 Å². The van der Waals surface area contributed by atoms with Crippen LogP contribution in [0, 0.1) is 0 Å². The number of aromatic nitrogens is 1. The summed E-state index contributed by atoms with van der Waals surface area (Å²) in [5.41, 5.74) is 0. The number of hydrogen-bond acceptors (Lipinski definition) is 3. The summed E-state index contributed by atoms with van der Waals surface area (Å²) in [7, 11) is 0. The van der Waals surface area contributed by atoms with Crippen LogP contribution in [0.5, 0.6) is 0 Å². The fourth-order valence-corrected chi connectivity index (χ4v) is 2.00. The molecule has 2 rings (SSSR count). The molecule has 1 aliphatic rings. The maximum absolute atomic E-state index is 11.0. The minimum Gasteiger partial charge on any atom is -0.364 e. The molecule has 0 bridgehead atoms. The van der Waals surface area contributed by atoms with Gasteiger partial charge in [-0.15, -0.1) is 0 Å². The van der Waals surface area contributed by atoms with Gasteiger partial charge in [0.1, 0.15) is 11.0 Å². The predicted molar refractivity (Wildman–Crippen MR) is 64.3 cm³/mol. The highest BCUT2D eigenvalue weighted by Crippen LogP contribution is 2.29. The van der Waals surface area contributed by atoms with Crippen LogP contribution in [0.25, 0.3) is 0 Å². The Morgan fingerprint density at radius 1 is 1.38 bits per heavy atom. The van der Waals surface area contributed by atoms with Crippen LogP contribution < -0.4 is 10.6 Å². The number of carbonyl (C=O) groups is 1. The molecule has 2 N–H and O–H groups in total. The second-order valence-electron chi connectivity index (χ2n) is 3.44. The summed E-state index contributed by atoms with van der Waals surface area (Å²) in [4.78, 5) is 15.0. The first kappa shape index (κ1) is 11.8. The van der Waals surface area contributed by atoms with Crippen molar-refractivity contribution < 1.29 is 4.79 Å². The third-order valence-electron chi connectivity index (χ3n) is 2.20. The molecule has 16 heavy (non-hydrogen) atoms. The molecule has 86 valence electrons. The average molecular weight is 281 g/mol. The Kier molecular flexibility index (Phi) is 3.42. The molecular formula is C9H8Cl3N3O. The molecule has 1 atom stereocenters. The molecule has 7 heteroatoms. The van der Waals surface area contributed by atoms with E-state index >= 15 is 0 Å². The normalized spacial score (nSPS) is 19.7. The lowest BCUT2D eigenvalue weighted by atomic mass is 10.2. The molecule has 0 aliphatic carbocycles. The van der Waals surface area contributed by atoms with E-state index in [1.54, 1.807) is 0 Å². The van der Waals surface area contributed by atoms with E-state index in [0.29, 0.717) is 28.8 Å². The summed E-state index contributed by atoms with van der Waals surface area (Å²) in [5.74, 6) is 0.450. The lowest BCUT2D eigenvalue weighted by molar-refractivity contribution is -0.119. The smallest absolute Gasteiger partial charge is 0.222 e. The zero-order valence-corrected chi connectivity index (χ0v) is 10.3. The van der Waals surface area contributed by atoms with Gasteiger partial charge >= 0.3 is 0 Å². The van der Waals surface area contributed by atoms with Gasteiger partial charge in [-0.3, -0.25) is 4.79 Å². The number of anilines is 1. The van der Waals surface area contributed by atoms with E-state index in [2.05, 4.69) is 15.6 Å². The summed E-state index contributed by atoms with van der Waals surface area (Å²) in [6, 6.07) is 1.50. The lowest BCUT2D eigenvalue weighted by Gasteiger charge is -2.12. The molecule has 1 aromatic rings. The van der Waals surface area contributed by atoms with Crippen molar-refractivity contribution in [1.29, 1.82) is 0 Å². The van der Waals surface area contributed by atoms with Crippen LogP contribution in [0.2, 0.25) is 15.2 Å². The van der Waals surface area contributed by atoms with Crippen LogP contribution in [0.3, 0.4) is 0 Å². The zero-order chi connectivity index (χ0) is 11.7. The second-order valence-corrected chi connectivity index (χ2v) is 4.61. The first-order chi connectivity index (χ1) is 7.56. The van der Waals surface area contributed by atoms with Crippen molar-refractivity contribution in [1.82, 2.24) is 10.3 Å². The molecule has 0 spiro atoms. The first-order valence-electron chi connectivity index (χ1n) is 4.61. The fourth-order valence-electron chi connectivity index (χ4n) is 1.45. The standard InChI is InChI=1S/C9H8Cl3N3O/c10-5-2-6(11)9(15-8(5)12)14-4-1-7(16)13-3-4/h2,4H,1,3H2,(H,13,16)(H,14,15). The number of hydrogen-bond donors (Lipinski definition) is 2. The summed E-state index contributed by atoms with van der Waals surface area (Å²) in [6.45, 7) is 0.553. The van der Waals surface area contributed by atoms with Crippen LogP contribution in [0.15, 0.2) is 6.07 Å². The maximum Gasteiger partial charge on any atom is 0.222 e. The predicted octanol–water partition coefficient (Wildman–Crippen LogP) is 2.34. The molecule has 1 aromatic heterocycles. The monoisotopic (exact) mass is 279 g/mol. The van der Waals surface area contributed by atoms with Crippen molar-refractivity contribution in [2.75, 3.05) is 11.9 Å². The largest absolute Gasteiger partial charge is 0.364 e. The minimum absolute atomic E-state index is 0.00804. The lowest BCUT2D eigenvalue weighted by Crippen LogP contribution is -2.23. The number of pyridine rings is 1. The van der Waals surface area contributed by atoms with Gasteiger partial charge in [-0.2, -0.15) is 0 Å². The Balaban J connectivity index is 2.15. The fraction of sp³-hybridized carbons (Fsp3) is 0.333. The highest BCUT2D eigenvalue weighted by molar-refractivity contribution is 6.42. The molecular weight excluding hydrogens is 272 g/mol. The zero-order valence-electron chi connectivity index (χ0n) is 8.06. The maximum atomic E-state index is 11.0. The van der Waals surface area contributed by atoms with Gasteiger partial charge in [-0.25, -0.2) is 4.98 Å². The van der Waals surface area contributed by atoms with E-state index < -0.39 is 0 Å².